The van der Waals surface area contributed by atoms with Gasteiger partial charge in [-0.3, -0.25) is 8.37 Å². The molecule has 0 aliphatic heterocycles. The average molecular weight is 290 g/mol. The van der Waals surface area contributed by atoms with Gasteiger partial charge in [0.2, 0.25) is 0 Å². The first kappa shape index (κ1) is 16.5. The van der Waals surface area contributed by atoms with Gasteiger partial charge in [-0.2, -0.15) is 16.8 Å². The molecule has 0 atom stereocenters. The van der Waals surface area contributed by atoms with Crippen LogP contribution >= 0.6 is 0 Å². The second-order valence-corrected chi connectivity index (χ2v) is 5.97. The van der Waals surface area contributed by atoms with Gasteiger partial charge in [-0.1, -0.05) is 23.7 Å². The third-order valence-corrected chi connectivity index (χ3v) is 3.26. The predicted octanol–water partition coefficient (Wildman–Crippen LogP) is -1.05. The molecule has 0 aromatic carbocycles. The van der Waals surface area contributed by atoms with Gasteiger partial charge in [-0.25, -0.2) is 0 Å². The minimum Gasteiger partial charge on any atom is -0.256 e. The summed E-state index contributed by atoms with van der Waals surface area (Å²) in [5, 5.41) is 0. The molecule has 0 saturated heterocycles. The lowest BCUT2D eigenvalue weighted by Gasteiger charge is -1.97. The number of terminal acetylenes is 2. The topological polar surface area (TPSA) is 86.7 Å². The molecule has 0 rings (SSSR count). The van der Waals surface area contributed by atoms with Gasteiger partial charge in [0, 0.05) is 0 Å². The highest BCUT2D eigenvalue weighted by molar-refractivity contribution is 7.87. The number of hydrogen-bond donors (Lipinski definition) is 0. The Hall–Kier alpha value is -1.50. The van der Waals surface area contributed by atoms with Crippen LogP contribution in [0.2, 0.25) is 0 Å². The van der Waals surface area contributed by atoms with Crippen LogP contribution in [0, 0.1) is 36.5 Å². The quantitative estimate of drug-likeness (QED) is 0.458. The van der Waals surface area contributed by atoms with E-state index in [1.165, 1.54) is 0 Å². The summed E-state index contributed by atoms with van der Waals surface area (Å²) < 4.78 is 52.4. The van der Waals surface area contributed by atoms with E-state index in [4.69, 9.17) is 12.8 Å². The summed E-state index contributed by atoms with van der Waals surface area (Å²) in [6.45, 7) is -0.856. The summed E-state index contributed by atoms with van der Waals surface area (Å²) >= 11 is 0. The molecular formula is C10H10O6S2. The molecule has 6 nitrogen and oxygen atoms in total. The lowest BCUT2D eigenvalue weighted by atomic mass is 10.6. The van der Waals surface area contributed by atoms with Crippen LogP contribution in [0.3, 0.4) is 0 Å². The Labute approximate surface area is 107 Å². The summed E-state index contributed by atoms with van der Waals surface area (Å²) in [5.41, 5.74) is 0. The molecule has 0 N–H and O–H groups in total. The van der Waals surface area contributed by atoms with Crippen molar-refractivity contribution in [1.82, 2.24) is 0 Å². The van der Waals surface area contributed by atoms with Crippen LogP contribution < -0.4 is 0 Å². The van der Waals surface area contributed by atoms with Gasteiger partial charge in [0.15, 0.2) is 0 Å². The molecule has 0 aromatic heterocycles. The second-order valence-electron chi connectivity index (χ2n) is 2.69. The molecule has 8 heteroatoms. The van der Waals surface area contributed by atoms with E-state index in [1.54, 1.807) is 0 Å². The molecule has 0 aliphatic rings. The summed E-state index contributed by atoms with van der Waals surface area (Å²) in [4.78, 5) is 0. The molecule has 0 bridgehead atoms. The minimum absolute atomic E-state index is 0.428. The third-order valence-electron chi connectivity index (χ3n) is 1.27. The van der Waals surface area contributed by atoms with E-state index in [-0.39, 0.29) is 0 Å². The Bertz CT molecular complexity index is 550. The summed E-state index contributed by atoms with van der Waals surface area (Å²) in [6.07, 6.45) is 9.59. The van der Waals surface area contributed by atoms with E-state index >= 15 is 0 Å². The SMILES string of the molecule is C#CCS(=O)(=O)OCC#CCOS(=O)(=O)CC#C. The predicted molar refractivity (Wildman–Crippen MR) is 64.9 cm³/mol. The van der Waals surface area contributed by atoms with Crippen LogP contribution in [0.15, 0.2) is 0 Å². The Morgan fingerprint density at radius 1 is 0.778 bits per heavy atom. The van der Waals surface area contributed by atoms with Gasteiger partial charge < -0.3 is 0 Å². The van der Waals surface area contributed by atoms with Crippen molar-refractivity contribution in [2.45, 2.75) is 0 Å². The van der Waals surface area contributed by atoms with Gasteiger partial charge in [-0.05, 0) is 0 Å². The second kappa shape index (κ2) is 7.75. The maximum absolute atomic E-state index is 10.9. The van der Waals surface area contributed by atoms with Crippen LogP contribution in [-0.2, 0) is 28.6 Å². The van der Waals surface area contributed by atoms with E-state index in [9.17, 15) is 16.8 Å². The summed E-state index contributed by atoms with van der Waals surface area (Å²) in [5.74, 6) is 7.22. The van der Waals surface area contributed by atoms with Crippen molar-refractivity contribution in [3.63, 3.8) is 0 Å². The Balaban J connectivity index is 4.04. The average Bonchev–Trinajstić information content (AvgIpc) is 2.22. The molecule has 0 heterocycles. The molecule has 18 heavy (non-hydrogen) atoms. The van der Waals surface area contributed by atoms with Gasteiger partial charge in [0.05, 0.1) is 0 Å². The normalized spacial score (nSPS) is 10.8. The monoisotopic (exact) mass is 290 g/mol. The van der Waals surface area contributed by atoms with Crippen LogP contribution in [0.25, 0.3) is 0 Å². The fraction of sp³-hybridized carbons (Fsp3) is 0.400. The van der Waals surface area contributed by atoms with Gasteiger partial charge in [0.25, 0.3) is 20.2 Å². The lowest BCUT2D eigenvalue weighted by Crippen LogP contribution is -2.10. The molecule has 0 fully saturated rings. The number of rotatable bonds is 6. The van der Waals surface area contributed by atoms with E-state index in [1.807, 2.05) is 11.8 Å². The zero-order valence-electron chi connectivity index (χ0n) is 9.25. The van der Waals surface area contributed by atoms with Crippen LogP contribution in [-0.4, -0.2) is 41.6 Å². The molecule has 0 amide bonds. The highest BCUT2D eigenvalue weighted by atomic mass is 32.2. The Morgan fingerprint density at radius 3 is 1.39 bits per heavy atom. The highest BCUT2D eigenvalue weighted by Crippen LogP contribution is 1.92. The first-order valence-corrected chi connectivity index (χ1v) is 7.55. The third kappa shape index (κ3) is 8.63. The zero-order chi connectivity index (χ0) is 14.1. The van der Waals surface area contributed by atoms with E-state index in [2.05, 4.69) is 20.2 Å². The molecule has 0 spiro atoms. The largest absolute Gasteiger partial charge is 0.279 e. The first-order valence-electron chi connectivity index (χ1n) is 4.40. The maximum atomic E-state index is 10.9. The Kier molecular flexibility index (Phi) is 7.11. The van der Waals surface area contributed by atoms with E-state index < -0.39 is 45.0 Å². The smallest absolute Gasteiger partial charge is 0.256 e. The van der Waals surface area contributed by atoms with Crippen LogP contribution in [0.1, 0.15) is 0 Å². The highest BCUT2D eigenvalue weighted by Gasteiger charge is 2.08. The molecule has 0 aromatic rings. The molecule has 0 aliphatic carbocycles. The number of hydrogen-bond acceptors (Lipinski definition) is 6. The fourth-order valence-electron chi connectivity index (χ4n) is 0.628. The van der Waals surface area contributed by atoms with Gasteiger partial charge in [-0.15, -0.1) is 12.8 Å². The molecular weight excluding hydrogens is 280 g/mol. The first-order chi connectivity index (χ1) is 8.33. The molecule has 0 radical (unpaired) electrons. The van der Waals surface area contributed by atoms with Crippen LogP contribution in [0.5, 0.6) is 0 Å². The van der Waals surface area contributed by atoms with Crippen molar-refractivity contribution in [2.24, 2.45) is 0 Å². The minimum atomic E-state index is -3.78. The van der Waals surface area contributed by atoms with Crippen LogP contribution in [0.4, 0.5) is 0 Å². The van der Waals surface area contributed by atoms with Gasteiger partial charge in [0.1, 0.15) is 24.7 Å². The maximum Gasteiger partial charge on any atom is 0.279 e. The van der Waals surface area contributed by atoms with Crippen molar-refractivity contribution >= 4 is 20.2 Å². The zero-order valence-corrected chi connectivity index (χ0v) is 10.9. The molecule has 0 saturated carbocycles. The van der Waals surface area contributed by atoms with Crippen molar-refractivity contribution < 1.29 is 25.2 Å². The molecule has 0 unspecified atom stereocenters. The van der Waals surface area contributed by atoms with Gasteiger partial charge >= 0.3 is 0 Å². The molecule has 98 valence electrons. The Morgan fingerprint density at radius 2 is 1.11 bits per heavy atom. The van der Waals surface area contributed by atoms with Crippen molar-refractivity contribution in [3.05, 3.63) is 0 Å². The van der Waals surface area contributed by atoms with Crippen molar-refractivity contribution in [3.8, 4) is 36.5 Å². The van der Waals surface area contributed by atoms with E-state index in [0.717, 1.165) is 0 Å². The summed E-state index contributed by atoms with van der Waals surface area (Å²) in [7, 11) is -7.56. The van der Waals surface area contributed by atoms with Crippen molar-refractivity contribution in [1.29, 1.82) is 0 Å². The standard InChI is InChI=1S/C10H10O6S2/c1-3-9-17(11,12)15-7-5-6-8-16-18(13,14)10-4-2/h1-2H,7-10H2. The fourth-order valence-corrected chi connectivity index (χ4v) is 1.68. The van der Waals surface area contributed by atoms with Crippen molar-refractivity contribution in [2.75, 3.05) is 24.7 Å². The summed E-state index contributed by atoms with van der Waals surface area (Å²) in [6, 6.07) is 0. The van der Waals surface area contributed by atoms with E-state index in [0.29, 0.717) is 0 Å². The lowest BCUT2D eigenvalue weighted by molar-refractivity contribution is 0.358.